The van der Waals surface area contributed by atoms with E-state index in [1.54, 1.807) is 17.9 Å². The number of rotatable bonds is 8. The van der Waals surface area contributed by atoms with Gasteiger partial charge in [-0.15, -0.1) is 0 Å². The van der Waals surface area contributed by atoms with Gasteiger partial charge in [-0.3, -0.25) is 14.5 Å². The van der Waals surface area contributed by atoms with Crippen LogP contribution in [0.3, 0.4) is 0 Å². The molecule has 3 aliphatic rings. The van der Waals surface area contributed by atoms with Crippen LogP contribution in [0.15, 0.2) is 22.7 Å². The number of carbonyl (C=O) groups is 2. The number of aryl methyl sites for hydroxylation is 1. The van der Waals surface area contributed by atoms with Crippen LogP contribution < -0.4 is 10.2 Å². The Balaban J connectivity index is 1.42. The number of fused-ring (bicyclic) bond motifs is 1. The van der Waals surface area contributed by atoms with Crippen molar-refractivity contribution in [3.63, 3.8) is 0 Å². The summed E-state index contributed by atoms with van der Waals surface area (Å²) in [6.45, 7) is 9.97. The first-order chi connectivity index (χ1) is 13.5. The van der Waals surface area contributed by atoms with Crippen LogP contribution in [0.1, 0.15) is 26.0 Å². The first-order valence-corrected chi connectivity index (χ1v) is 10.1. The number of amides is 2. The molecule has 0 saturated carbocycles. The molecule has 8 heteroatoms. The number of nitrogens with zero attached hydrogens (tertiary/aromatic N) is 3. The summed E-state index contributed by atoms with van der Waals surface area (Å²) in [5, 5.41) is 6.98. The Morgan fingerprint density at radius 2 is 2.21 bits per heavy atom. The second kappa shape index (κ2) is 7.33. The standard InChI is InChI=1S/C20H28N4O4/c1-4-23(5-2)10-6-9-21-18(25)16-14-7-8-20(27-14)12-24(19(26)17(16)20)15-11-13(3)28-22-15/h7-8,11,14,16-17H,4-6,9-10,12H2,1-3H3,(H,21,25)/t14-,16+,17+,20+/m0/s1. The van der Waals surface area contributed by atoms with E-state index in [4.69, 9.17) is 9.26 Å². The highest BCUT2D eigenvalue weighted by Gasteiger charge is 2.67. The Bertz CT molecular complexity index is 787. The fourth-order valence-corrected chi connectivity index (χ4v) is 4.64. The molecule has 0 aromatic carbocycles. The number of anilines is 1. The Hall–Kier alpha value is -2.19. The van der Waals surface area contributed by atoms with Gasteiger partial charge in [-0.2, -0.15) is 0 Å². The molecule has 0 aliphatic carbocycles. The maximum atomic E-state index is 13.1. The van der Waals surface area contributed by atoms with Crippen LogP contribution in [-0.2, 0) is 14.3 Å². The number of hydrogen-bond acceptors (Lipinski definition) is 6. The first-order valence-electron chi connectivity index (χ1n) is 10.1. The predicted octanol–water partition coefficient (Wildman–Crippen LogP) is 1.12. The van der Waals surface area contributed by atoms with Gasteiger partial charge in [-0.05, 0) is 33.0 Å². The van der Waals surface area contributed by atoms with Gasteiger partial charge < -0.3 is 19.5 Å². The van der Waals surface area contributed by atoms with Crippen LogP contribution >= 0.6 is 0 Å². The zero-order chi connectivity index (χ0) is 19.9. The normalized spacial score (nSPS) is 30.5. The number of ether oxygens (including phenoxy) is 1. The van der Waals surface area contributed by atoms with Crippen molar-refractivity contribution in [1.29, 1.82) is 0 Å². The summed E-state index contributed by atoms with van der Waals surface area (Å²) in [5.41, 5.74) is -0.738. The molecule has 28 heavy (non-hydrogen) atoms. The Labute approximate surface area is 164 Å². The lowest BCUT2D eigenvalue weighted by molar-refractivity contribution is -0.131. The average Bonchev–Trinajstić information content (AvgIpc) is 3.43. The van der Waals surface area contributed by atoms with Crippen molar-refractivity contribution in [1.82, 2.24) is 15.4 Å². The molecule has 1 N–H and O–H groups in total. The molecular weight excluding hydrogens is 360 g/mol. The second-order valence-electron chi connectivity index (χ2n) is 7.79. The van der Waals surface area contributed by atoms with Gasteiger partial charge in [0.1, 0.15) is 11.4 Å². The molecule has 2 bridgehead atoms. The Morgan fingerprint density at radius 1 is 1.43 bits per heavy atom. The minimum absolute atomic E-state index is 0.104. The van der Waals surface area contributed by atoms with E-state index in [0.717, 1.165) is 26.1 Å². The quantitative estimate of drug-likeness (QED) is 0.530. The van der Waals surface area contributed by atoms with Crippen molar-refractivity contribution < 1.29 is 18.8 Å². The van der Waals surface area contributed by atoms with E-state index < -0.39 is 17.4 Å². The molecule has 4 rings (SSSR count). The van der Waals surface area contributed by atoms with Gasteiger partial charge in [-0.25, -0.2) is 0 Å². The summed E-state index contributed by atoms with van der Waals surface area (Å²) in [6.07, 6.45) is 4.41. The summed E-state index contributed by atoms with van der Waals surface area (Å²) < 4.78 is 11.2. The third kappa shape index (κ3) is 3.04. The summed E-state index contributed by atoms with van der Waals surface area (Å²) in [7, 11) is 0. The average molecular weight is 388 g/mol. The van der Waals surface area contributed by atoms with Gasteiger partial charge in [-0.1, -0.05) is 31.2 Å². The summed E-state index contributed by atoms with van der Waals surface area (Å²) >= 11 is 0. The van der Waals surface area contributed by atoms with Gasteiger partial charge in [0.25, 0.3) is 0 Å². The molecule has 2 amide bonds. The molecule has 152 valence electrons. The van der Waals surface area contributed by atoms with E-state index in [9.17, 15) is 9.59 Å². The minimum Gasteiger partial charge on any atom is -0.360 e. The van der Waals surface area contributed by atoms with Crippen LogP contribution in [-0.4, -0.2) is 66.3 Å². The lowest BCUT2D eigenvalue weighted by Gasteiger charge is -2.23. The van der Waals surface area contributed by atoms with Crippen molar-refractivity contribution in [3.05, 3.63) is 24.0 Å². The molecule has 1 aromatic heterocycles. The minimum atomic E-state index is -0.738. The van der Waals surface area contributed by atoms with Crippen molar-refractivity contribution in [2.75, 3.05) is 37.6 Å². The molecule has 4 heterocycles. The van der Waals surface area contributed by atoms with E-state index in [2.05, 4.69) is 29.2 Å². The number of aromatic nitrogens is 1. The lowest BCUT2D eigenvalue weighted by Crippen LogP contribution is -2.44. The summed E-state index contributed by atoms with van der Waals surface area (Å²) in [4.78, 5) is 29.9. The molecule has 0 unspecified atom stereocenters. The second-order valence-corrected chi connectivity index (χ2v) is 7.79. The molecule has 1 aromatic rings. The summed E-state index contributed by atoms with van der Waals surface area (Å²) in [6, 6.07) is 1.73. The molecule has 8 nitrogen and oxygen atoms in total. The van der Waals surface area contributed by atoms with Crippen molar-refractivity contribution in [2.45, 2.75) is 38.9 Å². The van der Waals surface area contributed by atoms with Crippen LogP contribution in [0.2, 0.25) is 0 Å². The van der Waals surface area contributed by atoms with Crippen molar-refractivity contribution in [3.8, 4) is 0 Å². The highest BCUT2D eigenvalue weighted by atomic mass is 16.5. The fourth-order valence-electron chi connectivity index (χ4n) is 4.64. The SMILES string of the molecule is CCN(CC)CCCNC(=O)[C@@H]1[C@@H]2C=C[C@]3(CN(c4cc(C)on4)C(=O)[C@@H]13)O2. The molecular formula is C20H28N4O4. The zero-order valence-corrected chi connectivity index (χ0v) is 16.7. The maximum Gasteiger partial charge on any atom is 0.235 e. The number of hydrogen-bond donors (Lipinski definition) is 1. The van der Waals surface area contributed by atoms with E-state index in [1.807, 2.05) is 12.2 Å². The third-order valence-electron chi connectivity index (χ3n) is 6.14. The maximum absolute atomic E-state index is 13.1. The molecule has 0 radical (unpaired) electrons. The molecule has 4 atom stereocenters. The monoisotopic (exact) mass is 388 g/mol. The van der Waals surface area contributed by atoms with Gasteiger partial charge in [0.2, 0.25) is 11.8 Å². The zero-order valence-electron chi connectivity index (χ0n) is 16.7. The van der Waals surface area contributed by atoms with E-state index >= 15 is 0 Å². The molecule has 3 aliphatic heterocycles. The number of carbonyl (C=O) groups excluding carboxylic acids is 2. The topological polar surface area (TPSA) is 87.9 Å². The van der Waals surface area contributed by atoms with E-state index in [0.29, 0.717) is 24.7 Å². The van der Waals surface area contributed by atoms with Crippen molar-refractivity contribution >= 4 is 17.6 Å². The Kier molecular flexibility index (Phi) is 5.01. The number of nitrogens with one attached hydrogen (secondary N) is 1. The fraction of sp³-hybridized carbons (Fsp3) is 0.650. The van der Waals surface area contributed by atoms with Gasteiger partial charge >= 0.3 is 0 Å². The molecule has 2 saturated heterocycles. The largest absolute Gasteiger partial charge is 0.360 e. The van der Waals surface area contributed by atoms with Crippen molar-refractivity contribution in [2.24, 2.45) is 11.8 Å². The smallest absolute Gasteiger partial charge is 0.235 e. The Morgan fingerprint density at radius 3 is 2.89 bits per heavy atom. The predicted molar refractivity (Wildman–Crippen MR) is 103 cm³/mol. The van der Waals surface area contributed by atoms with E-state index in [-0.39, 0.29) is 17.9 Å². The van der Waals surface area contributed by atoms with Crippen LogP contribution in [0.5, 0.6) is 0 Å². The summed E-state index contributed by atoms with van der Waals surface area (Å²) in [5.74, 6) is -0.118. The van der Waals surface area contributed by atoms with Gasteiger partial charge in [0, 0.05) is 12.6 Å². The van der Waals surface area contributed by atoms with E-state index in [1.165, 1.54) is 0 Å². The lowest BCUT2D eigenvalue weighted by atomic mass is 9.77. The highest BCUT2D eigenvalue weighted by molar-refractivity contribution is 6.02. The molecule has 2 fully saturated rings. The van der Waals surface area contributed by atoms with Gasteiger partial charge in [0.05, 0.1) is 24.5 Å². The molecule has 1 spiro atoms. The van der Waals surface area contributed by atoms with Crippen LogP contribution in [0.25, 0.3) is 0 Å². The third-order valence-corrected chi connectivity index (χ3v) is 6.14. The van der Waals surface area contributed by atoms with Gasteiger partial charge in [0.15, 0.2) is 5.82 Å². The first kappa shape index (κ1) is 19.1. The highest BCUT2D eigenvalue weighted by Crippen LogP contribution is 2.52. The van der Waals surface area contributed by atoms with Crippen LogP contribution in [0.4, 0.5) is 5.82 Å². The van der Waals surface area contributed by atoms with Crippen LogP contribution in [0, 0.1) is 18.8 Å².